The Morgan fingerprint density at radius 2 is 1.77 bits per heavy atom. The van der Waals surface area contributed by atoms with Crippen LogP contribution < -0.4 is 5.32 Å². The van der Waals surface area contributed by atoms with Crippen molar-refractivity contribution >= 4 is 29.0 Å². The second-order valence-electron chi connectivity index (χ2n) is 8.77. The van der Waals surface area contributed by atoms with Gasteiger partial charge in [-0.2, -0.15) is 0 Å². The zero-order valence-corrected chi connectivity index (χ0v) is 19.3. The van der Waals surface area contributed by atoms with Crippen molar-refractivity contribution in [2.45, 2.75) is 51.9 Å². The summed E-state index contributed by atoms with van der Waals surface area (Å²) in [5, 5.41) is 3.66. The van der Waals surface area contributed by atoms with Crippen molar-refractivity contribution in [2.24, 2.45) is 5.92 Å². The molecule has 2 aromatic carbocycles. The molecule has 0 aliphatic carbocycles. The molecule has 0 atom stereocenters. The van der Waals surface area contributed by atoms with Crippen LogP contribution in [0.1, 0.15) is 67.8 Å². The zero-order valence-electron chi connectivity index (χ0n) is 18.6. The zero-order chi connectivity index (χ0) is 22.2. The molecule has 5 heteroatoms. The highest BCUT2D eigenvalue weighted by Crippen LogP contribution is 2.29. The van der Waals surface area contributed by atoms with E-state index < -0.39 is 0 Å². The molecular weight excluding hydrogens is 408 g/mol. The average molecular weight is 441 g/mol. The number of amides is 1. The topological polar surface area (TPSA) is 49.4 Å². The van der Waals surface area contributed by atoms with Gasteiger partial charge in [0.1, 0.15) is 0 Å². The Hall–Kier alpha value is -2.17. The number of benzene rings is 2. The van der Waals surface area contributed by atoms with Crippen LogP contribution in [0.25, 0.3) is 0 Å². The first kappa shape index (κ1) is 23.5. The van der Waals surface area contributed by atoms with Crippen molar-refractivity contribution in [3.05, 3.63) is 64.7 Å². The van der Waals surface area contributed by atoms with Gasteiger partial charge in [-0.1, -0.05) is 37.6 Å². The molecular formula is C26H33ClN2O2. The number of nitrogens with zero attached hydrogens (tertiary/aromatic N) is 1. The van der Waals surface area contributed by atoms with Crippen molar-refractivity contribution in [1.82, 2.24) is 4.90 Å². The lowest BCUT2D eigenvalue weighted by Crippen LogP contribution is -2.33. The lowest BCUT2D eigenvalue weighted by atomic mass is 9.89. The number of carbonyl (C=O) groups is 2. The fraction of sp³-hybridized carbons (Fsp3) is 0.462. The lowest BCUT2D eigenvalue weighted by molar-refractivity contribution is -0.118. The van der Waals surface area contributed by atoms with Gasteiger partial charge in [0.25, 0.3) is 0 Å². The number of carbonyl (C=O) groups excluding carboxylic acids is 2. The minimum absolute atomic E-state index is 0.0200. The van der Waals surface area contributed by atoms with Crippen LogP contribution in [0.4, 0.5) is 5.69 Å². The molecule has 31 heavy (non-hydrogen) atoms. The third-order valence-electron chi connectivity index (χ3n) is 6.03. The fourth-order valence-electron chi connectivity index (χ4n) is 4.05. The molecule has 3 rings (SSSR count). The number of anilines is 1. The summed E-state index contributed by atoms with van der Waals surface area (Å²) >= 11 is 5.88. The van der Waals surface area contributed by atoms with Crippen LogP contribution in [-0.4, -0.2) is 36.2 Å². The van der Waals surface area contributed by atoms with Crippen molar-refractivity contribution in [3.63, 3.8) is 0 Å². The van der Waals surface area contributed by atoms with Crippen molar-refractivity contribution in [3.8, 4) is 0 Å². The van der Waals surface area contributed by atoms with E-state index in [2.05, 4.69) is 22.3 Å². The molecule has 0 aromatic heterocycles. The van der Waals surface area contributed by atoms with Crippen LogP contribution in [0.3, 0.4) is 0 Å². The summed E-state index contributed by atoms with van der Waals surface area (Å²) in [6.07, 6.45) is 4.81. The predicted octanol–water partition coefficient (Wildman–Crippen LogP) is 6.17. The number of ketones is 1. The minimum Gasteiger partial charge on any atom is -0.326 e. The van der Waals surface area contributed by atoms with E-state index in [1.54, 1.807) is 24.3 Å². The summed E-state index contributed by atoms with van der Waals surface area (Å²) in [6.45, 7) is 7.02. The first-order valence-corrected chi connectivity index (χ1v) is 11.7. The molecule has 0 bridgehead atoms. The van der Waals surface area contributed by atoms with Gasteiger partial charge in [0, 0.05) is 28.6 Å². The van der Waals surface area contributed by atoms with Crippen LogP contribution in [-0.2, 0) is 4.79 Å². The van der Waals surface area contributed by atoms with Gasteiger partial charge in [-0.05, 0) is 93.2 Å². The summed E-state index contributed by atoms with van der Waals surface area (Å²) in [4.78, 5) is 26.7. The van der Waals surface area contributed by atoms with Gasteiger partial charge in [0.2, 0.25) is 5.91 Å². The molecule has 1 aliphatic heterocycles. The van der Waals surface area contributed by atoms with Crippen molar-refractivity contribution < 1.29 is 9.59 Å². The molecule has 1 fully saturated rings. The fourth-order valence-corrected chi connectivity index (χ4v) is 4.17. The average Bonchev–Trinajstić information content (AvgIpc) is 2.77. The number of hydrogen-bond acceptors (Lipinski definition) is 3. The van der Waals surface area contributed by atoms with E-state index in [0.717, 1.165) is 56.6 Å². The van der Waals surface area contributed by atoms with E-state index >= 15 is 0 Å². The molecule has 2 aromatic rings. The summed E-state index contributed by atoms with van der Waals surface area (Å²) < 4.78 is 0. The highest BCUT2D eigenvalue weighted by Gasteiger charge is 2.21. The van der Waals surface area contributed by atoms with E-state index in [1.165, 1.54) is 5.56 Å². The maximum Gasteiger partial charge on any atom is 0.226 e. The predicted molar refractivity (Wildman–Crippen MR) is 128 cm³/mol. The Morgan fingerprint density at radius 1 is 1.06 bits per heavy atom. The number of likely N-dealkylation sites (tertiary alicyclic amines) is 1. The number of hydrogen-bond donors (Lipinski definition) is 1. The van der Waals surface area contributed by atoms with Gasteiger partial charge in [-0.15, -0.1) is 0 Å². The number of unbranched alkanes of at least 4 members (excludes halogenated alkanes) is 1. The maximum atomic E-state index is 12.3. The lowest BCUT2D eigenvalue weighted by Gasteiger charge is -2.32. The third kappa shape index (κ3) is 7.19. The Balaban J connectivity index is 1.38. The highest BCUT2D eigenvalue weighted by molar-refractivity contribution is 6.30. The van der Waals surface area contributed by atoms with E-state index in [-0.39, 0.29) is 17.6 Å². The molecule has 0 unspecified atom stereocenters. The summed E-state index contributed by atoms with van der Waals surface area (Å²) in [6, 6.07) is 15.5. The Bertz CT molecular complexity index is 871. The summed E-state index contributed by atoms with van der Waals surface area (Å²) in [5.41, 5.74) is 2.95. The number of rotatable bonds is 9. The van der Waals surface area contributed by atoms with Crippen LogP contribution in [0.2, 0.25) is 5.02 Å². The summed E-state index contributed by atoms with van der Waals surface area (Å²) in [7, 11) is 0. The third-order valence-corrected chi connectivity index (χ3v) is 6.28. The second kappa shape index (κ2) is 11.4. The minimum atomic E-state index is -0.0200. The molecule has 1 heterocycles. The first-order chi connectivity index (χ1) is 14.9. The Labute approximate surface area is 191 Å². The normalized spacial score (nSPS) is 15.2. The Kier molecular flexibility index (Phi) is 8.68. The molecule has 0 spiro atoms. The molecule has 0 saturated carbocycles. The van der Waals surface area contributed by atoms with Gasteiger partial charge in [0.05, 0.1) is 0 Å². The van der Waals surface area contributed by atoms with Crippen LogP contribution in [0.5, 0.6) is 0 Å². The van der Waals surface area contributed by atoms with Gasteiger partial charge >= 0.3 is 0 Å². The maximum absolute atomic E-state index is 12.3. The molecule has 4 nitrogen and oxygen atoms in total. The van der Waals surface area contributed by atoms with Crippen molar-refractivity contribution in [2.75, 3.05) is 25.0 Å². The SMILES string of the molecule is CC(C)C(=O)Nc1cccc(C2CCN(CCCCC(=O)c3ccc(Cl)cc3)CC2)c1. The number of piperidine rings is 1. The molecule has 166 valence electrons. The summed E-state index contributed by atoms with van der Waals surface area (Å²) in [5.74, 6) is 0.772. The molecule has 1 aliphatic rings. The smallest absolute Gasteiger partial charge is 0.226 e. The van der Waals surface area contributed by atoms with E-state index in [0.29, 0.717) is 17.4 Å². The standard InChI is InChI=1S/C26H33ClN2O2/c1-19(2)26(31)28-24-7-5-6-22(18-24)20-13-16-29(17-14-20)15-4-3-8-25(30)21-9-11-23(27)12-10-21/h5-7,9-12,18-20H,3-4,8,13-17H2,1-2H3,(H,28,31). The van der Waals surface area contributed by atoms with Crippen LogP contribution >= 0.6 is 11.6 Å². The van der Waals surface area contributed by atoms with E-state index in [4.69, 9.17) is 11.6 Å². The number of nitrogens with one attached hydrogen (secondary N) is 1. The van der Waals surface area contributed by atoms with Gasteiger partial charge in [0.15, 0.2) is 5.78 Å². The largest absolute Gasteiger partial charge is 0.326 e. The monoisotopic (exact) mass is 440 g/mol. The Morgan fingerprint density at radius 3 is 2.45 bits per heavy atom. The van der Waals surface area contributed by atoms with Crippen molar-refractivity contribution in [1.29, 1.82) is 0 Å². The van der Waals surface area contributed by atoms with Crippen LogP contribution in [0, 0.1) is 5.92 Å². The highest BCUT2D eigenvalue weighted by atomic mass is 35.5. The van der Waals surface area contributed by atoms with Gasteiger partial charge < -0.3 is 10.2 Å². The quantitative estimate of drug-likeness (QED) is 0.374. The van der Waals surface area contributed by atoms with Gasteiger partial charge in [-0.25, -0.2) is 0 Å². The molecule has 1 amide bonds. The van der Waals surface area contributed by atoms with Crippen LogP contribution in [0.15, 0.2) is 48.5 Å². The number of Topliss-reactive ketones (excluding diaryl/α,β-unsaturated/α-hetero) is 1. The number of halogens is 1. The first-order valence-electron chi connectivity index (χ1n) is 11.3. The van der Waals surface area contributed by atoms with E-state index in [9.17, 15) is 9.59 Å². The molecule has 1 saturated heterocycles. The molecule has 1 N–H and O–H groups in total. The van der Waals surface area contributed by atoms with E-state index in [1.807, 2.05) is 26.0 Å². The molecule has 0 radical (unpaired) electrons. The van der Waals surface area contributed by atoms with Gasteiger partial charge in [-0.3, -0.25) is 9.59 Å². The second-order valence-corrected chi connectivity index (χ2v) is 9.21.